The number of hydrogen-bond donors (Lipinski definition) is 1. The lowest BCUT2D eigenvalue weighted by molar-refractivity contribution is -0.123. The maximum Gasteiger partial charge on any atom is 0.234 e. The second-order valence-corrected chi connectivity index (χ2v) is 6.48. The highest BCUT2D eigenvalue weighted by Gasteiger charge is 2.19. The zero-order valence-corrected chi connectivity index (χ0v) is 15.2. The van der Waals surface area contributed by atoms with E-state index in [0.29, 0.717) is 18.7 Å². The lowest BCUT2D eigenvalue weighted by Crippen LogP contribution is -2.50. The molecule has 6 nitrogen and oxygen atoms in total. The largest absolute Gasteiger partial charge is 0.492 e. The molecule has 0 radical (unpaired) electrons. The molecule has 0 bridgehead atoms. The first-order chi connectivity index (χ1) is 12.1. The molecule has 1 N–H and O–H groups in total. The Morgan fingerprint density at radius 2 is 1.88 bits per heavy atom. The van der Waals surface area contributed by atoms with Gasteiger partial charge in [-0.25, -0.2) is 0 Å². The van der Waals surface area contributed by atoms with Gasteiger partial charge in [-0.15, -0.1) is 0 Å². The van der Waals surface area contributed by atoms with Crippen LogP contribution in [-0.2, 0) is 4.79 Å². The molecule has 1 amide bonds. The van der Waals surface area contributed by atoms with Crippen LogP contribution < -0.4 is 10.1 Å². The van der Waals surface area contributed by atoms with Crippen molar-refractivity contribution in [1.29, 1.82) is 5.26 Å². The molecule has 0 unspecified atom stereocenters. The highest BCUT2D eigenvalue weighted by atomic mass is 16.5. The van der Waals surface area contributed by atoms with Gasteiger partial charge in [0.15, 0.2) is 0 Å². The van der Waals surface area contributed by atoms with Crippen molar-refractivity contribution >= 4 is 5.91 Å². The van der Waals surface area contributed by atoms with Crippen molar-refractivity contribution in [2.75, 3.05) is 45.9 Å². The number of nitriles is 1. The number of ether oxygens (including phenoxy) is 1. The molecule has 1 heterocycles. The number of piperazine rings is 1. The van der Waals surface area contributed by atoms with Crippen molar-refractivity contribution in [3.8, 4) is 11.8 Å². The normalized spacial score (nSPS) is 16.8. The molecule has 1 saturated heterocycles. The minimum atomic E-state index is 0.118. The molecule has 6 heteroatoms. The maximum absolute atomic E-state index is 11.9. The summed E-state index contributed by atoms with van der Waals surface area (Å²) in [6, 6.07) is 9.52. The summed E-state index contributed by atoms with van der Waals surface area (Å²) in [4.78, 5) is 16.5. The van der Waals surface area contributed by atoms with Gasteiger partial charge in [0.05, 0.1) is 18.2 Å². The van der Waals surface area contributed by atoms with Gasteiger partial charge in [-0.2, -0.15) is 5.26 Å². The highest BCUT2D eigenvalue weighted by Crippen LogP contribution is 2.11. The summed E-state index contributed by atoms with van der Waals surface area (Å²) in [5, 5.41) is 11.8. The van der Waals surface area contributed by atoms with E-state index in [0.717, 1.165) is 44.9 Å². The zero-order valence-electron chi connectivity index (χ0n) is 15.2. The predicted molar refractivity (Wildman–Crippen MR) is 97.4 cm³/mol. The number of carbonyl (C=O) groups excluding carboxylic acids is 1. The van der Waals surface area contributed by atoms with Crippen molar-refractivity contribution in [1.82, 2.24) is 15.1 Å². The fourth-order valence-corrected chi connectivity index (χ4v) is 2.71. The average molecular weight is 344 g/mol. The van der Waals surface area contributed by atoms with Gasteiger partial charge in [0.1, 0.15) is 12.4 Å². The van der Waals surface area contributed by atoms with E-state index in [1.54, 1.807) is 12.1 Å². The van der Waals surface area contributed by atoms with Crippen molar-refractivity contribution in [3.05, 3.63) is 29.8 Å². The maximum atomic E-state index is 11.9. The SMILES string of the molecule is CC[C@@H](C)NC(=O)CN1CCN(CCOc2ccc(C#N)cc2)CC1. The Bertz CT molecular complexity index is 574. The van der Waals surface area contributed by atoms with Gasteiger partial charge in [0.2, 0.25) is 5.91 Å². The van der Waals surface area contributed by atoms with Crippen LogP contribution in [-0.4, -0.2) is 67.6 Å². The predicted octanol–water partition coefficient (Wildman–Crippen LogP) is 1.47. The average Bonchev–Trinajstić information content (AvgIpc) is 2.63. The van der Waals surface area contributed by atoms with Crippen LogP contribution in [0, 0.1) is 11.3 Å². The van der Waals surface area contributed by atoms with Gasteiger partial charge in [-0.1, -0.05) is 6.92 Å². The minimum absolute atomic E-state index is 0.118. The Labute approximate surface area is 150 Å². The number of nitrogens with zero attached hydrogens (tertiary/aromatic N) is 3. The topological polar surface area (TPSA) is 68.6 Å². The van der Waals surface area contributed by atoms with E-state index in [1.807, 2.05) is 19.1 Å². The van der Waals surface area contributed by atoms with E-state index in [4.69, 9.17) is 10.00 Å². The van der Waals surface area contributed by atoms with E-state index in [2.05, 4.69) is 28.1 Å². The monoisotopic (exact) mass is 344 g/mol. The van der Waals surface area contributed by atoms with Gasteiger partial charge in [-0.3, -0.25) is 14.6 Å². The van der Waals surface area contributed by atoms with Gasteiger partial charge in [-0.05, 0) is 37.6 Å². The van der Waals surface area contributed by atoms with Crippen LogP contribution in [0.25, 0.3) is 0 Å². The second-order valence-electron chi connectivity index (χ2n) is 6.48. The Hall–Kier alpha value is -2.10. The van der Waals surface area contributed by atoms with Crippen LogP contribution >= 0.6 is 0 Å². The molecule has 1 aromatic rings. The summed E-state index contributed by atoms with van der Waals surface area (Å²) in [5.41, 5.74) is 0.640. The Morgan fingerprint density at radius 3 is 2.48 bits per heavy atom. The quantitative estimate of drug-likeness (QED) is 0.773. The van der Waals surface area contributed by atoms with Crippen molar-refractivity contribution in [2.24, 2.45) is 0 Å². The first-order valence-corrected chi connectivity index (χ1v) is 8.97. The Morgan fingerprint density at radius 1 is 1.24 bits per heavy atom. The van der Waals surface area contributed by atoms with Gasteiger partial charge in [0, 0.05) is 38.8 Å². The number of amides is 1. The summed E-state index contributed by atoms with van der Waals surface area (Å²) in [5.74, 6) is 0.909. The summed E-state index contributed by atoms with van der Waals surface area (Å²) in [7, 11) is 0. The number of benzene rings is 1. The zero-order chi connectivity index (χ0) is 18.1. The molecule has 1 fully saturated rings. The number of hydrogen-bond acceptors (Lipinski definition) is 5. The fraction of sp³-hybridized carbons (Fsp3) is 0.579. The molecular formula is C19H28N4O2. The molecule has 0 spiro atoms. The standard InChI is InChI=1S/C19H28N4O2/c1-3-16(2)21-19(24)15-23-10-8-22(9-11-23)12-13-25-18-6-4-17(14-20)5-7-18/h4-7,16H,3,8-13,15H2,1-2H3,(H,21,24)/t16-/m1/s1. The number of rotatable bonds is 8. The molecule has 0 aliphatic carbocycles. The molecule has 2 rings (SSSR count). The molecule has 1 aliphatic rings. The molecule has 1 aromatic carbocycles. The summed E-state index contributed by atoms with van der Waals surface area (Å²) >= 11 is 0. The molecule has 25 heavy (non-hydrogen) atoms. The Balaban J connectivity index is 1.62. The van der Waals surface area contributed by atoms with Gasteiger partial charge < -0.3 is 10.1 Å². The van der Waals surface area contributed by atoms with Crippen LogP contribution in [0.3, 0.4) is 0 Å². The van der Waals surface area contributed by atoms with E-state index in [1.165, 1.54) is 0 Å². The van der Waals surface area contributed by atoms with Crippen LogP contribution in [0.5, 0.6) is 5.75 Å². The lowest BCUT2D eigenvalue weighted by atomic mass is 10.2. The van der Waals surface area contributed by atoms with Crippen molar-refractivity contribution < 1.29 is 9.53 Å². The lowest BCUT2D eigenvalue weighted by Gasteiger charge is -2.34. The van der Waals surface area contributed by atoms with E-state index in [-0.39, 0.29) is 11.9 Å². The highest BCUT2D eigenvalue weighted by molar-refractivity contribution is 5.78. The number of nitrogens with one attached hydrogen (secondary N) is 1. The summed E-state index contributed by atoms with van der Waals surface area (Å²) in [6.07, 6.45) is 0.957. The van der Waals surface area contributed by atoms with Gasteiger partial charge >= 0.3 is 0 Å². The van der Waals surface area contributed by atoms with Crippen LogP contribution in [0.2, 0.25) is 0 Å². The third kappa shape index (κ3) is 6.73. The molecule has 0 aromatic heterocycles. The number of carbonyl (C=O) groups is 1. The van der Waals surface area contributed by atoms with Crippen LogP contribution in [0.15, 0.2) is 24.3 Å². The second kappa shape index (κ2) is 10.0. The molecule has 0 saturated carbocycles. The summed E-state index contributed by atoms with van der Waals surface area (Å²) < 4.78 is 5.73. The first-order valence-electron chi connectivity index (χ1n) is 8.97. The molecule has 1 atom stereocenters. The smallest absolute Gasteiger partial charge is 0.234 e. The van der Waals surface area contributed by atoms with E-state index in [9.17, 15) is 4.79 Å². The van der Waals surface area contributed by atoms with Crippen LogP contribution in [0.1, 0.15) is 25.8 Å². The first kappa shape index (κ1) is 19.2. The van der Waals surface area contributed by atoms with Crippen molar-refractivity contribution in [3.63, 3.8) is 0 Å². The Kier molecular flexibility index (Phi) is 7.71. The van der Waals surface area contributed by atoms with Crippen LogP contribution in [0.4, 0.5) is 0 Å². The third-order valence-electron chi connectivity index (χ3n) is 4.51. The van der Waals surface area contributed by atoms with Gasteiger partial charge in [0.25, 0.3) is 0 Å². The summed E-state index contributed by atoms with van der Waals surface area (Å²) in [6.45, 7) is 9.80. The van der Waals surface area contributed by atoms with Crippen molar-refractivity contribution in [2.45, 2.75) is 26.3 Å². The minimum Gasteiger partial charge on any atom is -0.492 e. The fourth-order valence-electron chi connectivity index (χ4n) is 2.71. The molecule has 136 valence electrons. The molecule has 1 aliphatic heterocycles. The third-order valence-corrected chi connectivity index (χ3v) is 4.51. The van der Waals surface area contributed by atoms with E-state index < -0.39 is 0 Å². The van der Waals surface area contributed by atoms with E-state index >= 15 is 0 Å². The molecular weight excluding hydrogens is 316 g/mol.